The van der Waals surface area contributed by atoms with Gasteiger partial charge in [0.25, 0.3) is 0 Å². The molecule has 0 amide bonds. The van der Waals surface area contributed by atoms with E-state index in [1.807, 2.05) is 0 Å². The van der Waals surface area contributed by atoms with Gasteiger partial charge in [-0.2, -0.15) is 0 Å². The average molecular weight is 69.0 g/mol. The topological polar surface area (TPSA) is 37.0 Å². The zero-order valence-electron chi connectivity index (χ0n) is 2.39. The van der Waals surface area contributed by atoms with Gasteiger partial charge in [-0.15, -0.1) is 6.42 Å². The van der Waals surface area contributed by atoms with Gasteiger partial charge in [-0.3, -0.25) is 0 Å². The second-order valence-electron chi connectivity index (χ2n) is 0.432. The smallest absolute Gasteiger partial charge is 0.232 e. The molecule has 0 aromatic carbocycles. The molecular formula is C3HO2. The van der Waals surface area contributed by atoms with Crippen molar-refractivity contribution in [2.45, 2.75) is 0 Å². The molecule has 0 saturated carbocycles. The maximum Gasteiger partial charge on any atom is 0.429 e. The lowest BCUT2D eigenvalue weighted by atomic mass is 10.7. The molecule has 0 aromatic heterocycles. The molecular weight excluding hydrogens is 68.0 g/mol. The predicted octanol–water partition coefficient (Wildman–Crippen LogP) is -0.423. The van der Waals surface area contributed by atoms with Gasteiger partial charge in [0, 0.05) is 5.92 Å². The first-order chi connectivity index (χ1) is 2.27. The van der Waals surface area contributed by atoms with E-state index in [0.717, 1.165) is 0 Å². The molecule has 0 spiro atoms. The van der Waals surface area contributed by atoms with Crippen molar-refractivity contribution < 1.29 is 9.90 Å². The van der Waals surface area contributed by atoms with E-state index in [2.05, 4.69) is 6.42 Å². The van der Waals surface area contributed by atoms with Crippen molar-refractivity contribution in [2.75, 3.05) is 0 Å². The lowest BCUT2D eigenvalue weighted by Gasteiger charge is -1.51. The molecule has 0 aliphatic carbocycles. The molecule has 0 saturated heterocycles. The molecule has 0 heterocycles. The van der Waals surface area contributed by atoms with Gasteiger partial charge in [0.1, 0.15) is 0 Å². The first-order valence-electron chi connectivity index (χ1n) is 0.947. The monoisotopic (exact) mass is 69.0 g/mol. The minimum atomic E-state index is -1.47. The number of terminal acetylenes is 1. The van der Waals surface area contributed by atoms with E-state index in [1.165, 1.54) is 5.92 Å². The van der Waals surface area contributed by atoms with E-state index in [9.17, 15) is 0 Å². The highest BCUT2D eigenvalue weighted by atomic mass is 16.4. The molecule has 0 unspecified atom stereocenters. The number of rotatable bonds is 0. The zero-order chi connectivity index (χ0) is 4.28. The predicted molar refractivity (Wildman–Crippen MR) is 14.5 cm³/mol. The molecule has 0 aromatic rings. The van der Waals surface area contributed by atoms with Crippen LogP contribution in [-0.4, -0.2) is 5.97 Å². The van der Waals surface area contributed by atoms with Gasteiger partial charge < -0.3 is 0 Å². The van der Waals surface area contributed by atoms with E-state index in [-0.39, 0.29) is 0 Å². The van der Waals surface area contributed by atoms with Gasteiger partial charge in [0.2, 0.25) is 0 Å². The van der Waals surface area contributed by atoms with Crippen LogP contribution in [0.5, 0.6) is 0 Å². The fourth-order valence-electron chi connectivity index (χ4n) is 0. The van der Waals surface area contributed by atoms with Crippen molar-refractivity contribution in [2.24, 2.45) is 0 Å². The first kappa shape index (κ1) is 4.03. The lowest BCUT2D eigenvalue weighted by Crippen LogP contribution is -1.80. The van der Waals surface area contributed by atoms with E-state index < -0.39 is 5.97 Å². The molecule has 2 heteroatoms. The Balaban J connectivity index is 3.35. The van der Waals surface area contributed by atoms with Crippen LogP contribution < -0.4 is 0 Å². The van der Waals surface area contributed by atoms with Crippen molar-refractivity contribution in [3.8, 4) is 12.3 Å². The highest BCUT2D eigenvalue weighted by Crippen LogP contribution is 1.47. The molecule has 5 heavy (non-hydrogen) atoms. The van der Waals surface area contributed by atoms with Crippen LogP contribution in [0.2, 0.25) is 0 Å². The van der Waals surface area contributed by atoms with Gasteiger partial charge in [-0.25, -0.2) is 9.90 Å². The standard InChI is InChI=1S/C3HO2/c1-2-3(4)5/h1H. The summed E-state index contributed by atoms with van der Waals surface area (Å²) in [6.45, 7) is 0. The number of hydrogen-bond acceptors (Lipinski definition) is 1. The van der Waals surface area contributed by atoms with Crippen LogP contribution in [0.3, 0.4) is 0 Å². The average Bonchev–Trinajstić information content (AvgIpc) is 1.38. The molecule has 25 valence electrons. The van der Waals surface area contributed by atoms with Gasteiger partial charge in [-0.1, -0.05) is 0 Å². The van der Waals surface area contributed by atoms with Crippen LogP contribution in [0.4, 0.5) is 0 Å². The normalized spacial score (nSPS) is 5.40. The summed E-state index contributed by atoms with van der Waals surface area (Å²) in [6, 6.07) is 0. The molecule has 0 rings (SSSR count). The highest BCUT2D eigenvalue weighted by molar-refractivity contribution is 5.85. The Morgan fingerprint density at radius 2 is 2.00 bits per heavy atom. The van der Waals surface area contributed by atoms with Crippen LogP contribution in [0.15, 0.2) is 0 Å². The molecule has 0 aliphatic rings. The summed E-state index contributed by atoms with van der Waals surface area (Å²) in [5, 5.41) is 9.02. The summed E-state index contributed by atoms with van der Waals surface area (Å²) < 4.78 is 0. The van der Waals surface area contributed by atoms with Crippen molar-refractivity contribution in [1.82, 2.24) is 0 Å². The Morgan fingerprint density at radius 1 is 1.80 bits per heavy atom. The number of carbonyl (C=O) groups is 1. The van der Waals surface area contributed by atoms with E-state index in [1.54, 1.807) is 0 Å². The third-order valence-corrected chi connectivity index (χ3v) is 0.118. The van der Waals surface area contributed by atoms with Crippen LogP contribution in [0.1, 0.15) is 0 Å². The fourth-order valence-corrected chi connectivity index (χ4v) is 0. The van der Waals surface area contributed by atoms with Crippen molar-refractivity contribution in [3.05, 3.63) is 0 Å². The molecule has 0 bridgehead atoms. The number of hydrogen-bond donors (Lipinski definition) is 0. The molecule has 0 atom stereocenters. The third-order valence-electron chi connectivity index (χ3n) is 0.118. The first-order valence-corrected chi connectivity index (χ1v) is 0.947. The van der Waals surface area contributed by atoms with Gasteiger partial charge in [0.15, 0.2) is 0 Å². The molecule has 0 N–H and O–H groups in total. The van der Waals surface area contributed by atoms with Gasteiger partial charge >= 0.3 is 5.97 Å². The maximum atomic E-state index is 9.02. The second kappa shape index (κ2) is 1.36. The van der Waals surface area contributed by atoms with Crippen LogP contribution in [0.25, 0.3) is 0 Å². The lowest BCUT2D eigenvalue weighted by molar-refractivity contribution is -0.136. The summed E-state index contributed by atoms with van der Waals surface area (Å²) in [5.74, 6) is -0.134. The van der Waals surface area contributed by atoms with Crippen molar-refractivity contribution in [3.63, 3.8) is 0 Å². The largest absolute Gasteiger partial charge is 0.429 e. The Labute approximate surface area is 29.4 Å². The summed E-state index contributed by atoms with van der Waals surface area (Å²) in [5.41, 5.74) is 0. The van der Waals surface area contributed by atoms with E-state index in [4.69, 9.17) is 9.90 Å². The van der Waals surface area contributed by atoms with Crippen molar-refractivity contribution in [1.29, 1.82) is 0 Å². The van der Waals surface area contributed by atoms with Crippen molar-refractivity contribution >= 4 is 5.97 Å². The Bertz CT molecular complexity index is 77.4. The second-order valence-corrected chi connectivity index (χ2v) is 0.432. The molecule has 2 nitrogen and oxygen atoms in total. The SMILES string of the molecule is C#CC([O])=O. The molecule has 0 fully saturated rings. The van der Waals surface area contributed by atoms with Crippen LogP contribution >= 0.6 is 0 Å². The van der Waals surface area contributed by atoms with Gasteiger partial charge in [-0.05, 0) is 0 Å². The minimum Gasteiger partial charge on any atom is -0.232 e. The number of carbonyl (C=O) groups excluding carboxylic acids is 1. The van der Waals surface area contributed by atoms with E-state index in [0.29, 0.717) is 0 Å². The fraction of sp³-hybridized carbons (Fsp3) is 0. The minimum absolute atomic E-state index is 1.33. The quantitative estimate of drug-likeness (QED) is 0.356. The molecule has 0 aliphatic heterocycles. The van der Waals surface area contributed by atoms with Gasteiger partial charge in [0.05, 0.1) is 0 Å². The van der Waals surface area contributed by atoms with Crippen LogP contribution in [0, 0.1) is 12.3 Å². The summed E-state index contributed by atoms with van der Waals surface area (Å²) >= 11 is 0. The summed E-state index contributed by atoms with van der Waals surface area (Å²) in [4.78, 5) is 9.02. The Hall–Kier alpha value is -0.970. The maximum absolute atomic E-state index is 9.02. The highest BCUT2D eigenvalue weighted by Gasteiger charge is 1.80. The van der Waals surface area contributed by atoms with E-state index >= 15 is 0 Å². The molecule has 1 radical (unpaired) electrons. The Morgan fingerprint density at radius 3 is 2.00 bits per heavy atom. The summed E-state index contributed by atoms with van der Waals surface area (Å²) in [6.07, 6.45) is 4.26. The Kier molecular flexibility index (Phi) is 1.10. The zero-order valence-corrected chi connectivity index (χ0v) is 2.39. The van der Waals surface area contributed by atoms with Crippen LogP contribution in [-0.2, 0) is 9.90 Å². The third kappa shape index (κ3) is 3.03. The summed E-state index contributed by atoms with van der Waals surface area (Å²) in [7, 11) is 0.